The highest BCUT2D eigenvalue weighted by Crippen LogP contribution is 2.15. The second-order valence-corrected chi connectivity index (χ2v) is 3.34. The minimum Gasteiger partial charge on any atom is -0.465 e. The molecule has 1 aromatic heterocycles. The predicted octanol–water partition coefficient (Wildman–Crippen LogP) is 2.30. The fourth-order valence-corrected chi connectivity index (χ4v) is 1.51. The molecule has 4 nitrogen and oxygen atoms in total. The quantitative estimate of drug-likeness (QED) is 0.599. The van der Waals surface area contributed by atoms with Crippen molar-refractivity contribution in [3.8, 4) is 0 Å². The topological polar surface area (TPSA) is 56.5 Å². The summed E-state index contributed by atoms with van der Waals surface area (Å²) in [6, 6.07) is 9.64. The van der Waals surface area contributed by atoms with Crippen LogP contribution >= 0.6 is 0 Å². The van der Waals surface area contributed by atoms with Crippen LogP contribution in [-0.4, -0.2) is 18.9 Å². The van der Waals surface area contributed by atoms with E-state index in [9.17, 15) is 9.59 Å². The Bertz CT molecular complexity index is 540. The number of carbonyl (C=O) groups is 2. The molecule has 0 aliphatic carbocycles. The molecule has 0 N–H and O–H groups in total. The molecule has 4 heteroatoms. The van der Waals surface area contributed by atoms with Crippen molar-refractivity contribution in [2.45, 2.75) is 0 Å². The molecule has 0 saturated heterocycles. The Labute approximate surface area is 97.8 Å². The number of ether oxygens (including phenoxy) is 1. The molecule has 0 spiro atoms. The Balaban J connectivity index is 2.45. The van der Waals surface area contributed by atoms with Gasteiger partial charge in [0.05, 0.1) is 18.9 Å². The number of esters is 1. The number of methoxy groups -OCH3 is 1. The smallest absolute Gasteiger partial charge is 0.338 e. The molecular formula is C13H10O4. The summed E-state index contributed by atoms with van der Waals surface area (Å²) in [6.45, 7) is 0. The van der Waals surface area contributed by atoms with Gasteiger partial charge in [0.2, 0.25) is 5.78 Å². The zero-order chi connectivity index (χ0) is 12.3. The van der Waals surface area contributed by atoms with Crippen LogP contribution in [0.5, 0.6) is 0 Å². The van der Waals surface area contributed by atoms with E-state index >= 15 is 0 Å². The number of furan rings is 1. The van der Waals surface area contributed by atoms with E-state index in [1.54, 1.807) is 36.4 Å². The lowest BCUT2D eigenvalue weighted by Gasteiger charge is -2.04. The van der Waals surface area contributed by atoms with Crippen LogP contribution in [0.4, 0.5) is 0 Å². The van der Waals surface area contributed by atoms with Crippen LogP contribution in [0.15, 0.2) is 47.1 Å². The van der Waals surface area contributed by atoms with Gasteiger partial charge in [-0.15, -0.1) is 0 Å². The highest BCUT2D eigenvalue weighted by atomic mass is 16.5. The molecule has 0 aliphatic heterocycles. The normalized spacial score (nSPS) is 9.94. The van der Waals surface area contributed by atoms with Crippen LogP contribution in [0.1, 0.15) is 26.5 Å². The number of ketones is 1. The van der Waals surface area contributed by atoms with Crippen LogP contribution in [-0.2, 0) is 4.74 Å². The molecule has 0 radical (unpaired) electrons. The molecule has 0 fully saturated rings. The van der Waals surface area contributed by atoms with Gasteiger partial charge in [0, 0.05) is 5.56 Å². The lowest BCUT2D eigenvalue weighted by molar-refractivity contribution is 0.0597. The number of hydrogen-bond donors (Lipinski definition) is 0. The van der Waals surface area contributed by atoms with Crippen LogP contribution in [0, 0.1) is 0 Å². The lowest BCUT2D eigenvalue weighted by Crippen LogP contribution is -2.10. The zero-order valence-electron chi connectivity index (χ0n) is 9.17. The summed E-state index contributed by atoms with van der Waals surface area (Å²) < 4.78 is 9.64. The van der Waals surface area contributed by atoms with Gasteiger partial charge < -0.3 is 9.15 Å². The van der Waals surface area contributed by atoms with Gasteiger partial charge in [-0.2, -0.15) is 0 Å². The van der Waals surface area contributed by atoms with Crippen molar-refractivity contribution in [1.82, 2.24) is 0 Å². The monoisotopic (exact) mass is 230 g/mol. The van der Waals surface area contributed by atoms with E-state index in [1.165, 1.54) is 13.4 Å². The van der Waals surface area contributed by atoms with E-state index in [1.807, 2.05) is 0 Å². The second kappa shape index (κ2) is 4.65. The van der Waals surface area contributed by atoms with Gasteiger partial charge in [-0.1, -0.05) is 18.2 Å². The van der Waals surface area contributed by atoms with Crippen molar-refractivity contribution in [2.24, 2.45) is 0 Å². The van der Waals surface area contributed by atoms with Gasteiger partial charge in [-0.3, -0.25) is 4.79 Å². The van der Waals surface area contributed by atoms with Crippen LogP contribution in [0.25, 0.3) is 0 Å². The van der Waals surface area contributed by atoms with Crippen molar-refractivity contribution in [3.63, 3.8) is 0 Å². The Kier molecular flexibility index (Phi) is 3.05. The maximum absolute atomic E-state index is 12.0. The van der Waals surface area contributed by atoms with Gasteiger partial charge in [-0.25, -0.2) is 4.79 Å². The van der Waals surface area contributed by atoms with E-state index in [2.05, 4.69) is 4.74 Å². The number of hydrogen-bond acceptors (Lipinski definition) is 4. The second-order valence-electron chi connectivity index (χ2n) is 3.34. The highest BCUT2D eigenvalue weighted by molar-refractivity contribution is 6.13. The Morgan fingerprint density at radius 3 is 2.35 bits per heavy atom. The minimum absolute atomic E-state index is 0.196. The predicted molar refractivity (Wildman–Crippen MR) is 59.9 cm³/mol. The molecule has 1 aromatic carbocycles. The number of carbonyl (C=O) groups excluding carboxylic acids is 2. The summed E-state index contributed by atoms with van der Waals surface area (Å²) >= 11 is 0. The van der Waals surface area contributed by atoms with Crippen LogP contribution in [0.3, 0.4) is 0 Å². The van der Waals surface area contributed by atoms with Crippen molar-refractivity contribution >= 4 is 11.8 Å². The van der Waals surface area contributed by atoms with Gasteiger partial charge in [0.15, 0.2) is 5.76 Å². The third-order valence-electron chi connectivity index (χ3n) is 2.32. The molecular weight excluding hydrogens is 220 g/mol. The first-order valence-electron chi connectivity index (χ1n) is 4.99. The molecule has 0 unspecified atom stereocenters. The molecule has 1 heterocycles. The van der Waals surface area contributed by atoms with Crippen LogP contribution < -0.4 is 0 Å². The summed E-state index contributed by atoms with van der Waals surface area (Å²) in [5.74, 6) is -0.683. The standard InChI is InChI=1S/C13H10O4/c1-16-13(15)10-6-3-2-5-9(10)12(14)11-7-4-8-17-11/h2-8H,1H3. The highest BCUT2D eigenvalue weighted by Gasteiger charge is 2.19. The molecule has 0 bridgehead atoms. The SMILES string of the molecule is COC(=O)c1ccccc1C(=O)c1ccco1. The van der Waals surface area contributed by atoms with Crippen LogP contribution in [0.2, 0.25) is 0 Å². The molecule has 0 aliphatic rings. The first-order valence-corrected chi connectivity index (χ1v) is 4.99. The third kappa shape index (κ3) is 2.10. The average molecular weight is 230 g/mol. The average Bonchev–Trinajstić information content (AvgIpc) is 2.91. The van der Waals surface area contributed by atoms with Gasteiger partial charge >= 0.3 is 5.97 Å². The molecule has 0 saturated carbocycles. The largest absolute Gasteiger partial charge is 0.465 e. The zero-order valence-corrected chi connectivity index (χ0v) is 9.17. The van der Waals surface area contributed by atoms with E-state index in [4.69, 9.17) is 4.42 Å². The number of benzene rings is 1. The Hall–Kier alpha value is -2.36. The van der Waals surface area contributed by atoms with Gasteiger partial charge in [0.25, 0.3) is 0 Å². The summed E-state index contributed by atoms with van der Waals surface area (Å²) in [4.78, 5) is 23.6. The van der Waals surface area contributed by atoms with E-state index in [0.29, 0.717) is 0 Å². The summed E-state index contributed by atoms with van der Waals surface area (Å²) in [5, 5.41) is 0. The first kappa shape index (κ1) is 11.1. The maximum atomic E-state index is 12.0. The van der Waals surface area contributed by atoms with Crippen molar-refractivity contribution in [3.05, 3.63) is 59.5 Å². The van der Waals surface area contributed by atoms with E-state index < -0.39 is 5.97 Å². The first-order chi connectivity index (χ1) is 8.24. The molecule has 0 amide bonds. The molecule has 0 atom stereocenters. The fourth-order valence-electron chi connectivity index (χ4n) is 1.51. The van der Waals surface area contributed by atoms with Crippen molar-refractivity contribution in [2.75, 3.05) is 7.11 Å². The third-order valence-corrected chi connectivity index (χ3v) is 2.32. The van der Waals surface area contributed by atoms with E-state index in [0.717, 1.165) is 0 Å². The summed E-state index contributed by atoms with van der Waals surface area (Å²) in [6.07, 6.45) is 1.41. The summed E-state index contributed by atoms with van der Waals surface area (Å²) in [5.41, 5.74) is 0.505. The van der Waals surface area contributed by atoms with E-state index in [-0.39, 0.29) is 22.7 Å². The Morgan fingerprint density at radius 1 is 1.06 bits per heavy atom. The maximum Gasteiger partial charge on any atom is 0.338 e. The molecule has 86 valence electrons. The fraction of sp³-hybridized carbons (Fsp3) is 0.0769. The molecule has 2 rings (SSSR count). The van der Waals surface area contributed by atoms with Gasteiger partial charge in [-0.05, 0) is 18.2 Å². The van der Waals surface area contributed by atoms with Gasteiger partial charge in [0.1, 0.15) is 0 Å². The number of rotatable bonds is 3. The summed E-state index contributed by atoms with van der Waals surface area (Å²) in [7, 11) is 1.27. The van der Waals surface area contributed by atoms with Crippen molar-refractivity contribution < 1.29 is 18.7 Å². The van der Waals surface area contributed by atoms with Crippen molar-refractivity contribution in [1.29, 1.82) is 0 Å². The Morgan fingerprint density at radius 2 is 1.76 bits per heavy atom. The molecule has 17 heavy (non-hydrogen) atoms. The minimum atomic E-state index is -0.541. The lowest BCUT2D eigenvalue weighted by atomic mass is 10.0. The molecule has 2 aromatic rings.